The first-order valence-corrected chi connectivity index (χ1v) is 5.29. The molecule has 0 atom stereocenters. The lowest BCUT2D eigenvalue weighted by Gasteiger charge is -2.07. The lowest BCUT2D eigenvalue weighted by Crippen LogP contribution is -2.14. The number of hydrogen-bond donors (Lipinski definition) is 2. The molecule has 5 heteroatoms. The van der Waals surface area contributed by atoms with Crippen molar-refractivity contribution < 1.29 is 14.3 Å². The third kappa shape index (κ3) is 2.45. The van der Waals surface area contributed by atoms with E-state index in [0.29, 0.717) is 0 Å². The van der Waals surface area contributed by atoms with Crippen LogP contribution in [-0.4, -0.2) is 16.0 Å². The molecular formula is C13H11FN2O2. The summed E-state index contributed by atoms with van der Waals surface area (Å²) >= 11 is 0. The zero-order valence-corrected chi connectivity index (χ0v) is 9.64. The van der Waals surface area contributed by atoms with Gasteiger partial charge < -0.3 is 10.4 Å². The summed E-state index contributed by atoms with van der Waals surface area (Å²) < 4.78 is 13.5. The molecule has 18 heavy (non-hydrogen) atoms. The molecule has 2 N–H and O–H groups in total. The van der Waals surface area contributed by atoms with Crippen LogP contribution in [0.4, 0.5) is 10.1 Å². The van der Waals surface area contributed by atoms with Crippen LogP contribution < -0.4 is 5.32 Å². The second-order valence-electron chi connectivity index (χ2n) is 3.81. The molecule has 0 saturated carbocycles. The van der Waals surface area contributed by atoms with Gasteiger partial charge in [0.1, 0.15) is 11.6 Å². The zero-order chi connectivity index (χ0) is 13.1. The number of pyridine rings is 1. The summed E-state index contributed by atoms with van der Waals surface area (Å²) in [6, 6.07) is 7.29. The van der Waals surface area contributed by atoms with E-state index in [9.17, 15) is 14.3 Å². The molecule has 1 heterocycles. The number of amides is 1. The first kappa shape index (κ1) is 12.0. The molecule has 4 nitrogen and oxygen atoms in total. The quantitative estimate of drug-likeness (QED) is 0.855. The highest BCUT2D eigenvalue weighted by atomic mass is 19.1. The molecule has 0 aliphatic carbocycles. The zero-order valence-electron chi connectivity index (χ0n) is 9.64. The summed E-state index contributed by atoms with van der Waals surface area (Å²) in [5, 5.41) is 11.8. The minimum Gasteiger partial charge on any atom is -0.505 e. The topological polar surface area (TPSA) is 62.2 Å². The van der Waals surface area contributed by atoms with Crippen molar-refractivity contribution in [1.29, 1.82) is 0 Å². The minimum absolute atomic E-state index is 0.0515. The van der Waals surface area contributed by atoms with Crippen LogP contribution in [-0.2, 0) is 0 Å². The number of anilines is 1. The highest BCUT2D eigenvalue weighted by Crippen LogP contribution is 2.18. The summed E-state index contributed by atoms with van der Waals surface area (Å²) in [7, 11) is 0. The molecule has 2 aromatic rings. The number of hydrogen-bond acceptors (Lipinski definition) is 3. The van der Waals surface area contributed by atoms with Gasteiger partial charge in [-0.2, -0.15) is 0 Å². The molecule has 1 aromatic carbocycles. The van der Waals surface area contributed by atoms with Crippen molar-refractivity contribution in [3.63, 3.8) is 0 Å². The Morgan fingerprint density at radius 3 is 2.83 bits per heavy atom. The predicted octanol–water partition coefficient (Wildman–Crippen LogP) is 2.49. The van der Waals surface area contributed by atoms with E-state index < -0.39 is 11.7 Å². The Kier molecular flexibility index (Phi) is 3.23. The monoisotopic (exact) mass is 246 g/mol. The summed E-state index contributed by atoms with van der Waals surface area (Å²) in [4.78, 5) is 15.5. The molecule has 0 bridgehead atoms. The summed E-state index contributed by atoms with van der Waals surface area (Å²) in [5.74, 6) is -1.43. The van der Waals surface area contributed by atoms with Crippen molar-refractivity contribution >= 4 is 11.6 Å². The van der Waals surface area contributed by atoms with Crippen molar-refractivity contribution in [1.82, 2.24) is 4.98 Å². The molecule has 1 aromatic heterocycles. The first-order valence-electron chi connectivity index (χ1n) is 5.29. The lowest BCUT2D eigenvalue weighted by atomic mass is 10.2. The second kappa shape index (κ2) is 4.83. The Hall–Kier alpha value is -2.43. The van der Waals surface area contributed by atoms with Gasteiger partial charge in [0, 0.05) is 6.20 Å². The molecule has 0 aliphatic rings. The number of nitrogens with one attached hydrogen (secondary N) is 1. The number of rotatable bonds is 2. The van der Waals surface area contributed by atoms with Gasteiger partial charge in [0.15, 0.2) is 5.69 Å². The standard InChI is InChI=1S/C13H11FN2O2/c1-8-4-5-10(9(14)7-8)16-13(18)12-11(17)3-2-6-15-12/h2-7,17H,1H3,(H,16,18). The van der Waals surface area contributed by atoms with E-state index in [-0.39, 0.29) is 17.1 Å². The fourth-order valence-electron chi connectivity index (χ4n) is 1.47. The average Bonchev–Trinajstić information content (AvgIpc) is 2.33. The Labute approximate surface area is 103 Å². The molecular weight excluding hydrogens is 235 g/mol. The van der Waals surface area contributed by atoms with E-state index in [2.05, 4.69) is 10.3 Å². The van der Waals surface area contributed by atoms with Crippen LogP contribution in [0.3, 0.4) is 0 Å². The van der Waals surface area contributed by atoms with E-state index in [0.717, 1.165) is 5.56 Å². The minimum atomic E-state index is -0.657. The van der Waals surface area contributed by atoms with Gasteiger partial charge in [-0.15, -0.1) is 0 Å². The van der Waals surface area contributed by atoms with Gasteiger partial charge in [-0.25, -0.2) is 9.37 Å². The van der Waals surface area contributed by atoms with E-state index in [1.807, 2.05) is 0 Å². The summed E-state index contributed by atoms with van der Waals surface area (Å²) in [6.07, 6.45) is 1.38. The predicted molar refractivity (Wildman–Crippen MR) is 65.0 cm³/mol. The molecule has 0 unspecified atom stereocenters. The van der Waals surface area contributed by atoms with Gasteiger partial charge in [-0.1, -0.05) is 6.07 Å². The third-order valence-electron chi connectivity index (χ3n) is 2.37. The van der Waals surface area contributed by atoms with Crippen LogP contribution >= 0.6 is 0 Å². The van der Waals surface area contributed by atoms with Gasteiger partial charge in [0.25, 0.3) is 5.91 Å². The third-order valence-corrected chi connectivity index (χ3v) is 2.37. The van der Waals surface area contributed by atoms with E-state index >= 15 is 0 Å². The number of carbonyl (C=O) groups excluding carboxylic acids is 1. The van der Waals surface area contributed by atoms with Crippen LogP contribution in [0.25, 0.3) is 0 Å². The molecule has 1 amide bonds. The molecule has 0 saturated heterocycles. The van der Waals surface area contributed by atoms with Crippen molar-refractivity contribution in [2.75, 3.05) is 5.32 Å². The van der Waals surface area contributed by atoms with Gasteiger partial charge in [0.2, 0.25) is 0 Å². The van der Waals surface area contributed by atoms with Crippen LogP contribution in [0, 0.1) is 12.7 Å². The van der Waals surface area contributed by atoms with Crippen LogP contribution in [0.2, 0.25) is 0 Å². The smallest absolute Gasteiger partial charge is 0.278 e. The highest BCUT2D eigenvalue weighted by molar-refractivity contribution is 6.04. The van der Waals surface area contributed by atoms with Crippen LogP contribution in [0.5, 0.6) is 5.75 Å². The lowest BCUT2D eigenvalue weighted by molar-refractivity contribution is 0.101. The molecule has 92 valence electrons. The maximum Gasteiger partial charge on any atom is 0.278 e. The number of benzene rings is 1. The van der Waals surface area contributed by atoms with E-state index in [4.69, 9.17) is 0 Å². The van der Waals surface area contributed by atoms with Crippen LogP contribution in [0.1, 0.15) is 16.1 Å². The largest absolute Gasteiger partial charge is 0.505 e. The molecule has 0 spiro atoms. The molecule has 0 fully saturated rings. The van der Waals surface area contributed by atoms with Gasteiger partial charge >= 0.3 is 0 Å². The Morgan fingerprint density at radius 1 is 1.39 bits per heavy atom. The Balaban J connectivity index is 2.24. The normalized spacial score (nSPS) is 10.1. The number of carbonyl (C=O) groups is 1. The first-order chi connectivity index (χ1) is 8.58. The maximum atomic E-state index is 13.5. The van der Waals surface area contributed by atoms with Gasteiger partial charge in [-0.3, -0.25) is 4.79 Å². The average molecular weight is 246 g/mol. The summed E-state index contributed by atoms with van der Waals surface area (Å²) in [6.45, 7) is 1.75. The Morgan fingerprint density at radius 2 is 2.17 bits per heavy atom. The molecule has 0 radical (unpaired) electrons. The van der Waals surface area contributed by atoms with Crippen molar-refractivity contribution in [2.24, 2.45) is 0 Å². The van der Waals surface area contributed by atoms with Crippen molar-refractivity contribution in [3.05, 3.63) is 53.6 Å². The Bertz CT molecular complexity index is 599. The number of aromatic hydroxyl groups is 1. The number of aromatic nitrogens is 1. The fourth-order valence-corrected chi connectivity index (χ4v) is 1.47. The number of nitrogens with zero attached hydrogens (tertiary/aromatic N) is 1. The number of aryl methyl sites for hydroxylation is 1. The fraction of sp³-hybridized carbons (Fsp3) is 0.0769. The van der Waals surface area contributed by atoms with Gasteiger partial charge in [-0.05, 0) is 36.8 Å². The molecule has 0 aliphatic heterocycles. The molecule has 2 rings (SSSR count). The highest BCUT2D eigenvalue weighted by Gasteiger charge is 2.14. The van der Waals surface area contributed by atoms with Crippen molar-refractivity contribution in [2.45, 2.75) is 6.92 Å². The van der Waals surface area contributed by atoms with Crippen LogP contribution in [0.15, 0.2) is 36.5 Å². The summed E-state index contributed by atoms with van der Waals surface area (Å²) in [5.41, 5.74) is 0.666. The SMILES string of the molecule is Cc1ccc(NC(=O)c2ncccc2O)c(F)c1. The number of halogens is 1. The second-order valence-corrected chi connectivity index (χ2v) is 3.81. The maximum absolute atomic E-state index is 13.5. The van der Waals surface area contributed by atoms with E-state index in [1.54, 1.807) is 13.0 Å². The van der Waals surface area contributed by atoms with Crippen molar-refractivity contribution in [3.8, 4) is 5.75 Å². The van der Waals surface area contributed by atoms with E-state index in [1.165, 1.54) is 30.5 Å². The van der Waals surface area contributed by atoms with Gasteiger partial charge in [0.05, 0.1) is 5.69 Å².